The summed E-state index contributed by atoms with van der Waals surface area (Å²) < 4.78 is 4.74. The number of pyridine rings is 1. The number of anilines is 1. The Balaban J connectivity index is 2.15. The molecule has 2 heterocycles. The average molecular weight is 248 g/mol. The van der Waals surface area contributed by atoms with Crippen LogP contribution in [0.1, 0.15) is 36.5 Å². The predicted molar refractivity (Wildman–Crippen MR) is 70.8 cm³/mol. The fourth-order valence-electron chi connectivity index (χ4n) is 2.44. The third-order valence-corrected chi connectivity index (χ3v) is 3.59. The summed E-state index contributed by atoms with van der Waals surface area (Å²) >= 11 is 0. The maximum absolute atomic E-state index is 11.5. The Morgan fingerprint density at radius 2 is 2.44 bits per heavy atom. The van der Waals surface area contributed by atoms with E-state index in [9.17, 15) is 4.79 Å². The van der Waals surface area contributed by atoms with Gasteiger partial charge in [0.05, 0.1) is 12.7 Å². The Morgan fingerprint density at radius 1 is 1.61 bits per heavy atom. The van der Waals surface area contributed by atoms with Gasteiger partial charge in [0.15, 0.2) is 0 Å². The molecule has 1 aromatic heterocycles. The number of rotatable bonds is 3. The lowest BCUT2D eigenvalue weighted by Crippen LogP contribution is -2.35. The average Bonchev–Trinajstić information content (AvgIpc) is 2.46. The number of carbonyl (C=O) groups excluding carboxylic acids is 1. The Kier molecular flexibility index (Phi) is 4.18. The number of ether oxygens (including phenoxy) is 1. The molecule has 0 bridgehead atoms. The van der Waals surface area contributed by atoms with Crippen molar-refractivity contribution in [3.05, 3.63) is 23.9 Å². The summed E-state index contributed by atoms with van der Waals surface area (Å²) in [5, 5.41) is 0. The summed E-state index contributed by atoms with van der Waals surface area (Å²) in [6.07, 6.45) is 5.37. The summed E-state index contributed by atoms with van der Waals surface area (Å²) in [6.45, 7) is 4.29. The molecule has 1 saturated heterocycles. The van der Waals surface area contributed by atoms with E-state index in [1.807, 2.05) is 6.07 Å². The van der Waals surface area contributed by atoms with Crippen molar-refractivity contribution in [2.75, 3.05) is 25.1 Å². The van der Waals surface area contributed by atoms with E-state index >= 15 is 0 Å². The second-order valence-corrected chi connectivity index (χ2v) is 4.76. The van der Waals surface area contributed by atoms with Crippen molar-refractivity contribution >= 4 is 11.8 Å². The van der Waals surface area contributed by atoms with Crippen molar-refractivity contribution in [2.45, 2.75) is 26.2 Å². The maximum atomic E-state index is 11.5. The van der Waals surface area contributed by atoms with Gasteiger partial charge in [-0.3, -0.25) is 0 Å². The van der Waals surface area contributed by atoms with Gasteiger partial charge in [0.1, 0.15) is 5.82 Å². The van der Waals surface area contributed by atoms with Crippen LogP contribution in [-0.4, -0.2) is 31.2 Å². The minimum atomic E-state index is -0.303. The van der Waals surface area contributed by atoms with Gasteiger partial charge in [-0.2, -0.15) is 0 Å². The first kappa shape index (κ1) is 12.9. The molecule has 1 unspecified atom stereocenters. The normalized spacial score (nSPS) is 19.7. The number of methoxy groups -OCH3 is 1. The largest absolute Gasteiger partial charge is 0.465 e. The molecule has 0 saturated carbocycles. The highest BCUT2D eigenvalue weighted by molar-refractivity contribution is 5.90. The number of piperidine rings is 1. The van der Waals surface area contributed by atoms with Crippen molar-refractivity contribution in [3.63, 3.8) is 0 Å². The lowest BCUT2D eigenvalue weighted by atomic mass is 9.95. The van der Waals surface area contributed by atoms with Crippen LogP contribution in [0.2, 0.25) is 0 Å². The zero-order valence-electron chi connectivity index (χ0n) is 11.1. The van der Waals surface area contributed by atoms with Crippen molar-refractivity contribution in [1.29, 1.82) is 0 Å². The summed E-state index contributed by atoms with van der Waals surface area (Å²) in [6, 6.07) is 3.51. The molecule has 1 aliphatic rings. The summed E-state index contributed by atoms with van der Waals surface area (Å²) in [4.78, 5) is 18.1. The van der Waals surface area contributed by atoms with Gasteiger partial charge in [0.25, 0.3) is 0 Å². The molecule has 0 amide bonds. The number of nitrogens with zero attached hydrogens (tertiary/aromatic N) is 2. The molecule has 1 aromatic rings. The molecule has 0 spiro atoms. The summed E-state index contributed by atoms with van der Waals surface area (Å²) in [5.74, 6) is 1.32. The lowest BCUT2D eigenvalue weighted by molar-refractivity contribution is 0.0600. The van der Waals surface area contributed by atoms with Crippen molar-refractivity contribution in [1.82, 2.24) is 4.98 Å². The Morgan fingerprint density at radius 3 is 3.17 bits per heavy atom. The van der Waals surface area contributed by atoms with Crippen LogP contribution in [0, 0.1) is 5.92 Å². The van der Waals surface area contributed by atoms with Gasteiger partial charge in [0, 0.05) is 19.3 Å². The fourth-order valence-corrected chi connectivity index (χ4v) is 2.44. The van der Waals surface area contributed by atoms with Crippen LogP contribution in [-0.2, 0) is 4.74 Å². The summed E-state index contributed by atoms with van der Waals surface area (Å²) in [7, 11) is 1.40. The molecule has 0 N–H and O–H groups in total. The number of aromatic nitrogens is 1. The predicted octanol–water partition coefficient (Wildman–Crippen LogP) is 2.49. The van der Waals surface area contributed by atoms with Crippen molar-refractivity contribution < 1.29 is 9.53 Å². The van der Waals surface area contributed by atoms with Gasteiger partial charge in [-0.1, -0.05) is 13.3 Å². The van der Waals surface area contributed by atoms with Gasteiger partial charge in [0.2, 0.25) is 0 Å². The smallest absolute Gasteiger partial charge is 0.338 e. The molecular weight excluding hydrogens is 228 g/mol. The molecule has 0 radical (unpaired) electrons. The number of hydrogen-bond acceptors (Lipinski definition) is 4. The van der Waals surface area contributed by atoms with E-state index in [0.717, 1.165) is 24.8 Å². The quantitative estimate of drug-likeness (QED) is 0.771. The van der Waals surface area contributed by atoms with E-state index in [0.29, 0.717) is 5.56 Å². The van der Waals surface area contributed by atoms with Gasteiger partial charge in [-0.15, -0.1) is 0 Å². The first-order valence-electron chi connectivity index (χ1n) is 6.54. The van der Waals surface area contributed by atoms with Crippen LogP contribution in [0.25, 0.3) is 0 Å². The zero-order valence-corrected chi connectivity index (χ0v) is 11.1. The molecular formula is C14H20N2O2. The topological polar surface area (TPSA) is 42.4 Å². The second-order valence-electron chi connectivity index (χ2n) is 4.76. The Labute approximate surface area is 108 Å². The molecule has 1 atom stereocenters. The van der Waals surface area contributed by atoms with Crippen LogP contribution >= 0.6 is 0 Å². The highest BCUT2D eigenvalue weighted by Crippen LogP contribution is 2.23. The van der Waals surface area contributed by atoms with Gasteiger partial charge in [-0.25, -0.2) is 9.78 Å². The summed E-state index contributed by atoms with van der Waals surface area (Å²) in [5.41, 5.74) is 0.570. The molecule has 4 nitrogen and oxygen atoms in total. The molecule has 98 valence electrons. The molecule has 18 heavy (non-hydrogen) atoms. The Bertz CT molecular complexity index is 420. The van der Waals surface area contributed by atoms with Gasteiger partial charge >= 0.3 is 5.97 Å². The number of carbonyl (C=O) groups is 1. The third-order valence-electron chi connectivity index (χ3n) is 3.59. The van der Waals surface area contributed by atoms with Crippen LogP contribution in [0.15, 0.2) is 18.3 Å². The van der Waals surface area contributed by atoms with Crippen LogP contribution in [0.3, 0.4) is 0 Å². The lowest BCUT2D eigenvalue weighted by Gasteiger charge is -2.33. The highest BCUT2D eigenvalue weighted by atomic mass is 16.5. The van der Waals surface area contributed by atoms with E-state index in [4.69, 9.17) is 4.74 Å². The molecule has 0 aromatic carbocycles. The minimum Gasteiger partial charge on any atom is -0.465 e. The van der Waals surface area contributed by atoms with E-state index < -0.39 is 0 Å². The first-order chi connectivity index (χ1) is 8.74. The number of esters is 1. The van der Waals surface area contributed by atoms with Gasteiger partial charge in [-0.05, 0) is 30.9 Å². The first-order valence-corrected chi connectivity index (χ1v) is 6.54. The molecule has 1 fully saturated rings. The SMILES string of the molecule is CCC1CCCN(c2cc(C(=O)OC)ccn2)C1. The van der Waals surface area contributed by atoms with E-state index in [2.05, 4.69) is 16.8 Å². The van der Waals surface area contributed by atoms with Crippen LogP contribution in [0.5, 0.6) is 0 Å². The van der Waals surface area contributed by atoms with Gasteiger partial charge < -0.3 is 9.64 Å². The minimum absolute atomic E-state index is 0.303. The van der Waals surface area contributed by atoms with E-state index in [-0.39, 0.29) is 5.97 Å². The second kappa shape index (κ2) is 5.85. The maximum Gasteiger partial charge on any atom is 0.338 e. The van der Waals surface area contributed by atoms with Crippen LogP contribution < -0.4 is 4.90 Å². The fraction of sp³-hybridized carbons (Fsp3) is 0.571. The molecule has 2 rings (SSSR count). The van der Waals surface area contributed by atoms with E-state index in [1.54, 1.807) is 12.3 Å². The molecule has 4 heteroatoms. The number of hydrogen-bond donors (Lipinski definition) is 0. The van der Waals surface area contributed by atoms with Crippen molar-refractivity contribution in [2.24, 2.45) is 5.92 Å². The third kappa shape index (κ3) is 2.81. The zero-order chi connectivity index (χ0) is 13.0. The standard InChI is InChI=1S/C14H20N2O2/c1-3-11-5-4-8-16(10-11)13-9-12(6-7-15-13)14(17)18-2/h6-7,9,11H,3-5,8,10H2,1-2H3. The molecule has 0 aliphatic carbocycles. The van der Waals surface area contributed by atoms with Crippen LogP contribution in [0.4, 0.5) is 5.82 Å². The highest BCUT2D eigenvalue weighted by Gasteiger charge is 2.20. The van der Waals surface area contributed by atoms with E-state index in [1.165, 1.54) is 26.4 Å². The van der Waals surface area contributed by atoms with Crippen molar-refractivity contribution in [3.8, 4) is 0 Å². The monoisotopic (exact) mass is 248 g/mol. The Hall–Kier alpha value is -1.58. The molecule has 1 aliphatic heterocycles.